The molecule has 94 valence electrons. The van der Waals surface area contributed by atoms with E-state index in [-0.39, 0.29) is 0 Å². The molecule has 1 aromatic carbocycles. The van der Waals surface area contributed by atoms with Crippen LogP contribution in [0, 0.1) is 13.8 Å². The van der Waals surface area contributed by atoms with Gasteiger partial charge in [-0.15, -0.1) is 0 Å². The summed E-state index contributed by atoms with van der Waals surface area (Å²) >= 11 is 0. The van der Waals surface area contributed by atoms with Crippen molar-refractivity contribution in [3.8, 4) is 11.1 Å². The number of ether oxygens (including phenoxy) is 1. The largest absolute Gasteiger partial charge is 0.465 e. The molecule has 5 nitrogen and oxygen atoms in total. The lowest BCUT2D eigenvalue weighted by Crippen LogP contribution is -2.05. The molecular weight excluding hydrogens is 232 g/mol. The molecule has 0 saturated carbocycles. The van der Waals surface area contributed by atoms with Crippen molar-refractivity contribution >= 4 is 11.7 Å². The molecule has 0 fully saturated rings. The van der Waals surface area contributed by atoms with Gasteiger partial charge in [0.2, 0.25) is 0 Å². The van der Waals surface area contributed by atoms with E-state index >= 15 is 0 Å². The average Bonchev–Trinajstić information content (AvgIpc) is 2.69. The molecule has 0 radical (unpaired) electrons. The number of nitrogen functional groups attached to an aromatic ring is 1. The average molecular weight is 246 g/mol. The number of esters is 1. The molecule has 0 bridgehead atoms. The summed E-state index contributed by atoms with van der Waals surface area (Å²) in [7, 11) is 1.32. The summed E-state index contributed by atoms with van der Waals surface area (Å²) in [6.07, 6.45) is 0. The van der Waals surface area contributed by atoms with E-state index in [1.165, 1.54) is 7.11 Å². The molecule has 18 heavy (non-hydrogen) atoms. The molecule has 0 aliphatic rings. The number of aromatic nitrogens is 1. The molecule has 0 atom stereocenters. The highest BCUT2D eigenvalue weighted by atomic mass is 16.5. The summed E-state index contributed by atoms with van der Waals surface area (Å²) in [5, 5.41) is 3.89. The van der Waals surface area contributed by atoms with Crippen LogP contribution < -0.4 is 5.73 Å². The van der Waals surface area contributed by atoms with Crippen LogP contribution in [0.5, 0.6) is 0 Å². The molecule has 1 aromatic heterocycles. The molecule has 2 aromatic rings. The van der Waals surface area contributed by atoms with Crippen LogP contribution in [0.25, 0.3) is 11.1 Å². The Hall–Kier alpha value is -2.30. The number of aryl methyl sites for hydroxylation is 2. The first-order chi connectivity index (χ1) is 8.54. The van der Waals surface area contributed by atoms with Crippen molar-refractivity contribution in [2.75, 3.05) is 12.8 Å². The predicted molar refractivity (Wildman–Crippen MR) is 67.2 cm³/mol. The number of carbonyl (C=O) groups excluding carboxylic acids is 1. The van der Waals surface area contributed by atoms with Crippen LogP contribution >= 0.6 is 0 Å². The van der Waals surface area contributed by atoms with Gasteiger partial charge in [-0.1, -0.05) is 11.2 Å². The minimum Gasteiger partial charge on any atom is -0.465 e. The molecule has 0 spiro atoms. The molecular formula is C13H14N2O3. The Morgan fingerprint density at radius 2 is 2.11 bits per heavy atom. The van der Waals surface area contributed by atoms with Gasteiger partial charge in [-0.2, -0.15) is 0 Å². The second kappa shape index (κ2) is 4.52. The van der Waals surface area contributed by atoms with Gasteiger partial charge < -0.3 is 15.0 Å². The Kier molecular flexibility index (Phi) is 3.06. The molecule has 5 heteroatoms. The van der Waals surface area contributed by atoms with Gasteiger partial charge in [0.25, 0.3) is 0 Å². The van der Waals surface area contributed by atoms with E-state index in [9.17, 15) is 4.79 Å². The summed E-state index contributed by atoms with van der Waals surface area (Å²) in [6.45, 7) is 3.67. The lowest BCUT2D eigenvalue weighted by molar-refractivity contribution is 0.0602. The summed E-state index contributed by atoms with van der Waals surface area (Å²) in [4.78, 5) is 11.6. The second-order valence-electron chi connectivity index (χ2n) is 3.99. The van der Waals surface area contributed by atoms with Crippen molar-refractivity contribution in [2.45, 2.75) is 13.8 Å². The minimum atomic E-state index is -0.457. The third-order valence-corrected chi connectivity index (χ3v) is 2.78. The van der Waals surface area contributed by atoms with Crippen molar-refractivity contribution in [1.82, 2.24) is 5.16 Å². The van der Waals surface area contributed by atoms with E-state index in [2.05, 4.69) is 5.16 Å². The highest BCUT2D eigenvalue weighted by Gasteiger charge is 2.16. The van der Waals surface area contributed by atoms with Crippen molar-refractivity contribution in [3.05, 3.63) is 35.2 Å². The molecule has 0 aliphatic heterocycles. The number of hydrogen-bond acceptors (Lipinski definition) is 5. The van der Waals surface area contributed by atoms with Crippen molar-refractivity contribution < 1.29 is 14.1 Å². The first-order valence-electron chi connectivity index (χ1n) is 5.45. The van der Waals surface area contributed by atoms with Crippen LogP contribution in [0.2, 0.25) is 0 Å². The first kappa shape index (κ1) is 12.2. The third-order valence-electron chi connectivity index (χ3n) is 2.78. The zero-order valence-electron chi connectivity index (χ0n) is 10.5. The molecule has 0 amide bonds. The van der Waals surface area contributed by atoms with Crippen LogP contribution in [-0.4, -0.2) is 18.2 Å². The summed E-state index contributed by atoms with van der Waals surface area (Å²) in [5.41, 5.74) is 8.97. The van der Waals surface area contributed by atoms with Crippen molar-refractivity contribution in [2.24, 2.45) is 0 Å². The van der Waals surface area contributed by atoms with Gasteiger partial charge in [0.1, 0.15) is 5.76 Å². The topological polar surface area (TPSA) is 78.3 Å². The van der Waals surface area contributed by atoms with Crippen molar-refractivity contribution in [1.29, 1.82) is 0 Å². The molecule has 0 aliphatic carbocycles. The Balaban J connectivity index is 2.57. The highest BCUT2D eigenvalue weighted by Crippen LogP contribution is 2.29. The number of hydrogen-bond donors (Lipinski definition) is 1. The van der Waals surface area contributed by atoms with Crippen LogP contribution in [0.15, 0.2) is 22.7 Å². The molecule has 1 heterocycles. The van der Waals surface area contributed by atoms with Gasteiger partial charge in [-0.05, 0) is 31.5 Å². The number of methoxy groups -OCH3 is 1. The van der Waals surface area contributed by atoms with E-state index in [0.29, 0.717) is 17.0 Å². The van der Waals surface area contributed by atoms with Gasteiger partial charge >= 0.3 is 5.97 Å². The zero-order chi connectivity index (χ0) is 13.3. The highest BCUT2D eigenvalue weighted by molar-refractivity contribution is 5.96. The van der Waals surface area contributed by atoms with E-state index in [4.69, 9.17) is 15.0 Å². The Bertz CT molecular complexity index is 583. The summed E-state index contributed by atoms with van der Waals surface area (Å²) in [5.74, 6) is 0.245. The fourth-order valence-electron chi connectivity index (χ4n) is 1.89. The molecule has 0 unspecified atom stereocenters. The minimum absolute atomic E-state index is 0.343. The number of anilines is 1. The lowest BCUT2D eigenvalue weighted by Gasteiger charge is -2.06. The predicted octanol–water partition coefficient (Wildman–Crippen LogP) is 2.33. The molecule has 2 N–H and O–H groups in total. The van der Waals surface area contributed by atoms with Gasteiger partial charge in [-0.25, -0.2) is 4.79 Å². The Morgan fingerprint density at radius 1 is 1.39 bits per heavy atom. The summed E-state index contributed by atoms with van der Waals surface area (Å²) < 4.78 is 9.80. The Labute approximate surface area is 105 Å². The summed E-state index contributed by atoms with van der Waals surface area (Å²) in [6, 6.07) is 5.19. The number of benzene rings is 1. The van der Waals surface area contributed by atoms with Crippen LogP contribution in [-0.2, 0) is 4.74 Å². The third kappa shape index (κ3) is 1.95. The fraction of sp³-hybridized carbons (Fsp3) is 0.231. The fourth-order valence-corrected chi connectivity index (χ4v) is 1.89. The van der Waals surface area contributed by atoms with E-state index in [1.54, 1.807) is 12.1 Å². The number of nitrogens with two attached hydrogens (primary N) is 1. The standard InChI is InChI=1S/C13H14N2O3/c1-7-12(8(2)18-15-7)9-4-5-11(14)10(6-9)13(16)17-3/h4-6H,14H2,1-3H3. The first-order valence-corrected chi connectivity index (χ1v) is 5.45. The normalized spacial score (nSPS) is 10.4. The monoisotopic (exact) mass is 246 g/mol. The zero-order valence-corrected chi connectivity index (χ0v) is 10.5. The van der Waals surface area contributed by atoms with E-state index < -0.39 is 5.97 Å². The SMILES string of the molecule is COC(=O)c1cc(-c2c(C)noc2C)ccc1N. The maximum absolute atomic E-state index is 11.6. The Morgan fingerprint density at radius 3 is 2.67 bits per heavy atom. The molecule has 0 saturated heterocycles. The lowest BCUT2D eigenvalue weighted by atomic mass is 10.0. The van der Waals surface area contributed by atoms with Crippen molar-refractivity contribution in [3.63, 3.8) is 0 Å². The van der Waals surface area contributed by atoms with Gasteiger partial charge in [0.15, 0.2) is 0 Å². The quantitative estimate of drug-likeness (QED) is 0.650. The smallest absolute Gasteiger partial charge is 0.339 e. The maximum Gasteiger partial charge on any atom is 0.339 e. The van der Waals surface area contributed by atoms with E-state index in [1.807, 2.05) is 19.9 Å². The number of carbonyl (C=O) groups is 1. The molecule has 2 rings (SSSR count). The van der Waals surface area contributed by atoms with Gasteiger partial charge in [0.05, 0.1) is 18.4 Å². The number of rotatable bonds is 2. The second-order valence-corrected chi connectivity index (χ2v) is 3.99. The van der Waals surface area contributed by atoms with Crippen LogP contribution in [0.4, 0.5) is 5.69 Å². The van der Waals surface area contributed by atoms with Crippen LogP contribution in [0.1, 0.15) is 21.8 Å². The maximum atomic E-state index is 11.6. The number of nitrogens with zero attached hydrogens (tertiary/aromatic N) is 1. The van der Waals surface area contributed by atoms with Crippen LogP contribution in [0.3, 0.4) is 0 Å². The van der Waals surface area contributed by atoms with Gasteiger partial charge in [0, 0.05) is 11.3 Å². The van der Waals surface area contributed by atoms with E-state index in [0.717, 1.165) is 16.8 Å². The van der Waals surface area contributed by atoms with Gasteiger partial charge in [-0.3, -0.25) is 0 Å².